The Hall–Kier alpha value is -1.35. The van der Waals surface area contributed by atoms with Crippen molar-refractivity contribution in [2.75, 3.05) is 13.6 Å². The van der Waals surface area contributed by atoms with Gasteiger partial charge in [0.05, 0.1) is 6.42 Å². The van der Waals surface area contributed by atoms with E-state index in [0.29, 0.717) is 0 Å². The topological polar surface area (TPSA) is 40.5 Å². The Morgan fingerprint density at radius 2 is 1.85 bits per heavy atom. The first-order chi connectivity index (χ1) is 9.62. The zero-order chi connectivity index (χ0) is 14.4. The number of carboxylic acids is 1. The van der Waals surface area contributed by atoms with Gasteiger partial charge in [-0.3, -0.25) is 9.69 Å². The number of carbonyl (C=O) groups is 1. The molecule has 0 aromatic heterocycles. The van der Waals surface area contributed by atoms with Gasteiger partial charge in [0.2, 0.25) is 0 Å². The summed E-state index contributed by atoms with van der Waals surface area (Å²) in [6, 6.07) is 10.4. The molecule has 0 saturated heterocycles. The second-order valence-electron chi connectivity index (χ2n) is 6.01. The highest BCUT2D eigenvalue weighted by molar-refractivity contribution is 5.68. The number of nitrogens with zero attached hydrogens (tertiary/aromatic N) is 1. The Kier molecular flexibility index (Phi) is 5.18. The first-order valence-corrected chi connectivity index (χ1v) is 7.59. The second-order valence-corrected chi connectivity index (χ2v) is 6.01. The third kappa shape index (κ3) is 3.83. The van der Waals surface area contributed by atoms with Crippen LogP contribution in [0.1, 0.15) is 44.1 Å². The standard InChI is InChI=1S/C17H25NO2/c1-18(13-10-15-8-4-2-5-9-15)17(14-16(19)20)11-6-3-7-12-17/h2,4-5,8-9H,3,6-7,10-14H2,1H3,(H,19,20). The third-order valence-electron chi connectivity index (χ3n) is 4.65. The average Bonchev–Trinajstić information content (AvgIpc) is 2.46. The smallest absolute Gasteiger partial charge is 0.305 e. The van der Waals surface area contributed by atoms with Gasteiger partial charge >= 0.3 is 5.97 Å². The fourth-order valence-electron chi connectivity index (χ4n) is 3.36. The first kappa shape index (κ1) is 15.0. The molecule has 1 aromatic carbocycles. The lowest BCUT2D eigenvalue weighted by molar-refractivity contribution is -0.141. The monoisotopic (exact) mass is 275 g/mol. The molecule has 2 rings (SSSR count). The van der Waals surface area contributed by atoms with Crippen LogP contribution < -0.4 is 0 Å². The van der Waals surface area contributed by atoms with Crippen molar-refractivity contribution < 1.29 is 9.90 Å². The maximum Gasteiger partial charge on any atom is 0.305 e. The Morgan fingerprint density at radius 1 is 1.20 bits per heavy atom. The number of carboxylic acid groups (broad SMARTS) is 1. The normalized spacial score (nSPS) is 18.1. The Labute approximate surface area is 121 Å². The first-order valence-electron chi connectivity index (χ1n) is 7.59. The van der Waals surface area contributed by atoms with E-state index in [1.165, 1.54) is 12.0 Å². The van der Waals surface area contributed by atoms with Crippen LogP contribution in [0, 0.1) is 0 Å². The van der Waals surface area contributed by atoms with E-state index >= 15 is 0 Å². The lowest BCUT2D eigenvalue weighted by Gasteiger charge is -2.44. The zero-order valence-electron chi connectivity index (χ0n) is 12.3. The van der Waals surface area contributed by atoms with E-state index in [0.717, 1.165) is 38.6 Å². The van der Waals surface area contributed by atoms with E-state index < -0.39 is 5.97 Å². The molecule has 1 fully saturated rings. The molecule has 0 bridgehead atoms. The molecule has 0 aliphatic heterocycles. The molecule has 110 valence electrons. The SMILES string of the molecule is CN(CCc1ccccc1)C1(CC(=O)O)CCCCC1. The molecule has 1 aliphatic carbocycles. The molecule has 1 aliphatic rings. The van der Waals surface area contributed by atoms with Crippen molar-refractivity contribution in [1.82, 2.24) is 4.90 Å². The van der Waals surface area contributed by atoms with Crippen molar-refractivity contribution in [2.24, 2.45) is 0 Å². The van der Waals surface area contributed by atoms with Crippen LogP contribution in [0.4, 0.5) is 0 Å². The van der Waals surface area contributed by atoms with Gasteiger partial charge in [-0.15, -0.1) is 0 Å². The van der Waals surface area contributed by atoms with Crippen LogP contribution in [0.15, 0.2) is 30.3 Å². The molecule has 3 nitrogen and oxygen atoms in total. The highest BCUT2D eigenvalue weighted by Crippen LogP contribution is 2.35. The molecule has 0 spiro atoms. The summed E-state index contributed by atoms with van der Waals surface area (Å²) in [5.41, 5.74) is 1.19. The molecule has 20 heavy (non-hydrogen) atoms. The number of aliphatic carboxylic acids is 1. The lowest BCUT2D eigenvalue weighted by atomic mass is 9.78. The minimum Gasteiger partial charge on any atom is -0.481 e. The average molecular weight is 275 g/mol. The van der Waals surface area contributed by atoms with Gasteiger partial charge < -0.3 is 5.11 Å². The molecular weight excluding hydrogens is 250 g/mol. The Balaban J connectivity index is 1.99. The van der Waals surface area contributed by atoms with Crippen molar-refractivity contribution in [2.45, 2.75) is 50.5 Å². The summed E-state index contributed by atoms with van der Waals surface area (Å²) in [5.74, 6) is -0.668. The maximum absolute atomic E-state index is 11.2. The molecule has 0 amide bonds. The van der Waals surface area contributed by atoms with Gasteiger partial charge in [0.1, 0.15) is 0 Å². The van der Waals surface area contributed by atoms with Gasteiger partial charge in [-0.25, -0.2) is 0 Å². The summed E-state index contributed by atoms with van der Waals surface area (Å²) in [4.78, 5) is 13.5. The molecule has 0 heterocycles. The number of hydrogen-bond donors (Lipinski definition) is 1. The number of likely N-dealkylation sites (N-methyl/N-ethyl adjacent to an activating group) is 1. The van der Waals surface area contributed by atoms with Gasteiger partial charge in [-0.1, -0.05) is 49.6 Å². The van der Waals surface area contributed by atoms with Crippen LogP contribution in [-0.2, 0) is 11.2 Å². The second kappa shape index (κ2) is 6.89. The largest absolute Gasteiger partial charge is 0.481 e. The van der Waals surface area contributed by atoms with Crippen LogP contribution in [0.2, 0.25) is 0 Å². The fraction of sp³-hybridized carbons (Fsp3) is 0.588. The maximum atomic E-state index is 11.2. The molecule has 1 saturated carbocycles. The van der Waals surface area contributed by atoms with E-state index in [-0.39, 0.29) is 12.0 Å². The van der Waals surface area contributed by atoms with Crippen LogP contribution in [-0.4, -0.2) is 35.1 Å². The summed E-state index contributed by atoms with van der Waals surface area (Å²) in [6.07, 6.45) is 6.85. The van der Waals surface area contributed by atoms with Crippen LogP contribution >= 0.6 is 0 Å². The van der Waals surface area contributed by atoms with Crippen molar-refractivity contribution in [3.05, 3.63) is 35.9 Å². The van der Waals surface area contributed by atoms with E-state index in [1.807, 2.05) is 6.07 Å². The van der Waals surface area contributed by atoms with Gasteiger partial charge in [0.15, 0.2) is 0 Å². The molecule has 1 aromatic rings. The molecule has 0 unspecified atom stereocenters. The number of rotatable bonds is 6. The lowest BCUT2D eigenvalue weighted by Crippen LogP contribution is -2.50. The van der Waals surface area contributed by atoms with Crippen LogP contribution in [0.25, 0.3) is 0 Å². The van der Waals surface area contributed by atoms with Crippen molar-refractivity contribution in [1.29, 1.82) is 0 Å². The van der Waals surface area contributed by atoms with Crippen LogP contribution in [0.3, 0.4) is 0 Å². The van der Waals surface area contributed by atoms with Crippen LogP contribution in [0.5, 0.6) is 0 Å². The number of hydrogen-bond acceptors (Lipinski definition) is 2. The molecular formula is C17H25NO2. The fourth-order valence-corrected chi connectivity index (χ4v) is 3.36. The van der Waals surface area contributed by atoms with E-state index in [9.17, 15) is 9.90 Å². The molecule has 1 N–H and O–H groups in total. The minimum absolute atomic E-state index is 0.126. The highest BCUT2D eigenvalue weighted by Gasteiger charge is 2.37. The van der Waals surface area contributed by atoms with Crippen molar-refractivity contribution >= 4 is 5.97 Å². The summed E-state index contributed by atoms with van der Waals surface area (Å²) in [7, 11) is 2.09. The van der Waals surface area contributed by atoms with Crippen molar-refractivity contribution in [3.63, 3.8) is 0 Å². The summed E-state index contributed by atoms with van der Waals surface area (Å²) < 4.78 is 0. The molecule has 3 heteroatoms. The quantitative estimate of drug-likeness (QED) is 0.865. The summed E-state index contributed by atoms with van der Waals surface area (Å²) >= 11 is 0. The molecule has 0 atom stereocenters. The number of benzene rings is 1. The van der Waals surface area contributed by atoms with E-state index in [1.54, 1.807) is 0 Å². The minimum atomic E-state index is -0.668. The Morgan fingerprint density at radius 3 is 2.45 bits per heavy atom. The van der Waals surface area contributed by atoms with E-state index in [4.69, 9.17) is 0 Å². The summed E-state index contributed by atoms with van der Waals surface area (Å²) in [5, 5.41) is 9.24. The summed E-state index contributed by atoms with van der Waals surface area (Å²) in [6.45, 7) is 0.928. The predicted octanol–water partition coefficient (Wildman–Crippen LogP) is 3.34. The van der Waals surface area contributed by atoms with Crippen molar-refractivity contribution in [3.8, 4) is 0 Å². The van der Waals surface area contributed by atoms with Gasteiger partial charge in [-0.2, -0.15) is 0 Å². The predicted molar refractivity (Wildman–Crippen MR) is 80.8 cm³/mol. The van der Waals surface area contributed by atoms with Gasteiger partial charge in [0, 0.05) is 12.1 Å². The zero-order valence-corrected chi connectivity index (χ0v) is 12.3. The van der Waals surface area contributed by atoms with Gasteiger partial charge in [-0.05, 0) is 31.9 Å². The third-order valence-corrected chi connectivity index (χ3v) is 4.65. The van der Waals surface area contributed by atoms with E-state index in [2.05, 4.69) is 36.2 Å². The van der Waals surface area contributed by atoms with Gasteiger partial charge in [0.25, 0.3) is 0 Å². The highest BCUT2D eigenvalue weighted by atomic mass is 16.4. The Bertz CT molecular complexity index is 424. The molecule has 0 radical (unpaired) electrons.